The average Bonchev–Trinajstić information content (AvgIpc) is 3.64. The van der Waals surface area contributed by atoms with Crippen LogP contribution in [-0.4, -0.2) is 31.8 Å². The molecule has 5 nitrogen and oxygen atoms in total. The van der Waals surface area contributed by atoms with Crippen LogP contribution in [0.1, 0.15) is 50.3 Å². The summed E-state index contributed by atoms with van der Waals surface area (Å²) in [5.41, 5.74) is 8.35. The van der Waals surface area contributed by atoms with Crippen molar-refractivity contribution in [3.05, 3.63) is 99.5 Å². The van der Waals surface area contributed by atoms with Gasteiger partial charge in [-0.3, -0.25) is 4.99 Å². The van der Waals surface area contributed by atoms with Crippen molar-refractivity contribution in [2.24, 2.45) is 10.7 Å². The van der Waals surface area contributed by atoms with Crippen molar-refractivity contribution in [3.63, 3.8) is 0 Å². The Morgan fingerprint density at radius 2 is 1.46 bits per heavy atom. The van der Waals surface area contributed by atoms with E-state index >= 15 is 0 Å². The zero-order chi connectivity index (χ0) is 28.4. The van der Waals surface area contributed by atoms with Gasteiger partial charge < -0.3 is 14.9 Å². The molecule has 1 aliphatic rings. The summed E-state index contributed by atoms with van der Waals surface area (Å²) in [4.78, 5) is 17.1. The van der Waals surface area contributed by atoms with Crippen molar-refractivity contribution in [2.75, 3.05) is 0 Å². The SMILES string of the molecule is CC(C)(C)[Si](C)(C)Oc1c(Cl)cc(CC(N=C(c2ccccc2)c2ccccc2)C2(OC(N)=O)CC2)cc1Cl. The van der Waals surface area contributed by atoms with Gasteiger partial charge in [-0.1, -0.05) is 105 Å². The molecule has 206 valence electrons. The summed E-state index contributed by atoms with van der Waals surface area (Å²) in [5.74, 6) is 0.512. The summed E-state index contributed by atoms with van der Waals surface area (Å²) in [5, 5.41) is 0.905. The van der Waals surface area contributed by atoms with E-state index in [4.69, 9.17) is 43.1 Å². The van der Waals surface area contributed by atoms with Gasteiger partial charge in [0, 0.05) is 11.1 Å². The monoisotopic (exact) mass is 582 g/mol. The standard InChI is InChI=1S/C31H36Cl2N2O3Si/c1-30(2,3)39(4,5)38-28-24(32)18-21(19-25(28)33)20-26(31(16-17-31)37-29(34)36)35-27(22-12-8-6-9-13-22)23-14-10-7-11-15-23/h6-15,18-19,26H,16-17,20H2,1-5H3,(H2,34,36). The lowest BCUT2D eigenvalue weighted by molar-refractivity contribution is 0.0738. The molecule has 3 aromatic carbocycles. The first-order valence-corrected chi connectivity index (χ1v) is 16.8. The molecule has 4 rings (SSSR count). The number of rotatable bonds is 9. The van der Waals surface area contributed by atoms with Crippen LogP contribution in [0.4, 0.5) is 4.79 Å². The van der Waals surface area contributed by atoms with Gasteiger partial charge in [0.25, 0.3) is 8.32 Å². The normalized spacial score (nSPS) is 15.3. The highest BCUT2D eigenvalue weighted by molar-refractivity contribution is 6.75. The molecule has 1 atom stereocenters. The molecule has 0 bridgehead atoms. The van der Waals surface area contributed by atoms with Gasteiger partial charge in [-0.05, 0) is 55.1 Å². The van der Waals surface area contributed by atoms with Crippen LogP contribution >= 0.6 is 23.2 Å². The van der Waals surface area contributed by atoms with Crippen LogP contribution in [0, 0.1) is 0 Å². The molecule has 0 spiro atoms. The molecule has 8 heteroatoms. The van der Waals surface area contributed by atoms with Crippen LogP contribution in [0.25, 0.3) is 0 Å². The minimum absolute atomic E-state index is 0.00608. The number of halogens is 2. The molecule has 0 heterocycles. The summed E-state index contributed by atoms with van der Waals surface area (Å²) >= 11 is 13.5. The number of ether oxygens (including phenoxy) is 1. The molecule has 0 aromatic heterocycles. The second kappa shape index (κ2) is 11.4. The van der Waals surface area contributed by atoms with Crippen LogP contribution in [0.2, 0.25) is 28.2 Å². The smallest absolute Gasteiger partial charge is 0.405 e. The Labute approximate surface area is 242 Å². The Bertz CT molecular complexity index is 1290. The number of carbonyl (C=O) groups is 1. The fraction of sp³-hybridized carbons (Fsp3) is 0.355. The van der Waals surface area contributed by atoms with Crippen molar-refractivity contribution >= 4 is 43.3 Å². The average molecular weight is 584 g/mol. The van der Waals surface area contributed by atoms with E-state index in [9.17, 15) is 4.79 Å². The van der Waals surface area contributed by atoms with Gasteiger partial charge >= 0.3 is 6.09 Å². The number of primary amides is 1. The highest BCUT2D eigenvalue weighted by Crippen LogP contribution is 2.47. The van der Waals surface area contributed by atoms with Gasteiger partial charge in [-0.15, -0.1) is 0 Å². The number of nitrogens with two attached hydrogens (primary N) is 1. The molecule has 1 fully saturated rings. The van der Waals surface area contributed by atoms with Gasteiger partial charge in [0.15, 0.2) is 0 Å². The molecular formula is C31H36Cl2N2O3Si. The van der Waals surface area contributed by atoms with E-state index < -0.39 is 26.1 Å². The molecule has 2 N–H and O–H groups in total. The van der Waals surface area contributed by atoms with E-state index in [0.717, 1.165) is 22.4 Å². The minimum atomic E-state index is -2.16. The first-order chi connectivity index (χ1) is 18.3. The molecular weight excluding hydrogens is 547 g/mol. The maximum atomic E-state index is 11.9. The Kier molecular flexibility index (Phi) is 8.50. The van der Waals surface area contributed by atoms with Crippen LogP contribution in [0.5, 0.6) is 5.75 Å². The summed E-state index contributed by atoms with van der Waals surface area (Å²) in [6.45, 7) is 10.8. The van der Waals surface area contributed by atoms with Gasteiger partial charge in [0.05, 0.1) is 21.8 Å². The predicted molar refractivity (Wildman–Crippen MR) is 163 cm³/mol. The van der Waals surface area contributed by atoms with Crippen molar-refractivity contribution in [1.82, 2.24) is 0 Å². The van der Waals surface area contributed by atoms with Crippen molar-refractivity contribution in [2.45, 2.75) is 69.8 Å². The van der Waals surface area contributed by atoms with E-state index in [1.54, 1.807) is 0 Å². The Morgan fingerprint density at radius 1 is 0.974 bits per heavy atom. The maximum Gasteiger partial charge on any atom is 0.405 e. The number of aliphatic imine (C=N–C) groups is 1. The lowest BCUT2D eigenvalue weighted by atomic mass is 9.97. The molecule has 1 saturated carbocycles. The Balaban J connectivity index is 1.76. The molecule has 0 saturated heterocycles. The molecule has 3 aromatic rings. The largest absolute Gasteiger partial charge is 0.542 e. The number of carbonyl (C=O) groups excluding carboxylic acids is 1. The zero-order valence-corrected chi connectivity index (χ0v) is 25.6. The van der Waals surface area contributed by atoms with Crippen LogP contribution < -0.4 is 10.2 Å². The molecule has 1 aliphatic carbocycles. The summed E-state index contributed by atoms with van der Waals surface area (Å²) in [7, 11) is -2.16. The lowest BCUT2D eigenvalue weighted by Gasteiger charge is -2.37. The third-order valence-corrected chi connectivity index (χ3v) is 12.6. The van der Waals surface area contributed by atoms with Gasteiger partial charge in [-0.25, -0.2) is 4.79 Å². The number of hydrogen-bond donors (Lipinski definition) is 1. The number of benzene rings is 3. The maximum absolute atomic E-state index is 11.9. The first kappa shape index (κ1) is 29.2. The summed E-state index contributed by atoms with van der Waals surface area (Å²) in [6, 6.07) is 23.3. The molecule has 0 radical (unpaired) electrons. The van der Waals surface area contributed by atoms with Gasteiger partial charge in [0.1, 0.15) is 11.4 Å². The predicted octanol–water partition coefficient (Wildman–Crippen LogP) is 8.45. The summed E-state index contributed by atoms with van der Waals surface area (Å²) < 4.78 is 12.2. The lowest BCUT2D eigenvalue weighted by Crippen LogP contribution is -2.44. The Hall–Kier alpha value is -2.80. The zero-order valence-electron chi connectivity index (χ0n) is 23.1. The molecule has 1 amide bonds. The van der Waals surface area contributed by atoms with Gasteiger partial charge in [-0.2, -0.15) is 0 Å². The van der Waals surface area contributed by atoms with Crippen LogP contribution in [-0.2, 0) is 11.2 Å². The third-order valence-electron chi connectivity index (χ3n) is 7.68. The van der Waals surface area contributed by atoms with Crippen molar-refractivity contribution in [3.8, 4) is 5.75 Å². The number of nitrogens with zero attached hydrogens (tertiary/aromatic N) is 1. The second-order valence-electron chi connectivity index (χ2n) is 11.7. The first-order valence-electron chi connectivity index (χ1n) is 13.2. The Morgan fingerprint density at radius 3 is 1.87 bits per heavy atom. The quantitative estimate of drug-likeness (QED) is 0.203. The van der Waals surface area contributed by atoms with E-state index in [0.29, 0.717) is 35.1 Å². The van der Waals surface area contributed by atoms with E-state index in [1.807, 2.05) is 72.8 Å². The second-order valence-corrected chi connectivity index (χ2v) is 17.2. The fourth-order valence-electron chi connectivity index (χ4n) is 4.30. The number of amides is 1. The minimum Gasteiger partial charge on any atom is -0.542 e. The van der Waals surface area contributed by atoms with E-state index in [2.05, 4.69) is 33.9 Å². The molecule has 1 unspecified atom stereocenters. The summed E-state index contributed by atoms with van der Waals surface area (Å²) in [6.07, 6.45) is 1.00. The topological polar surface area (TPSA) is 73.9 Å². The van der Waals surface area contributed by atoms with Crippen molar-refractivity contribution in [1.29, 1.82) is 0 Å². The van der Waals surface area contributed by atoms with E-state index in [1.165, 1.54) is 0 Å². The third kappa shape index (κ3) is 6.86. The molecule has 0 aliphatic heterocycles. The molecule has 39 heavy (non-hydrogen) atoms. The van der Waals surface area contributed by atoms with Crippen molar-refractivity contribution < 1.29 is 14.0 Å². The highest BCUT2D eigenvalue weighted by atomic mass is 35.5. The van der Waals surface area contributed by atoms with Gasteiger partial charge in [0.2, 0.25) is 0 Å². The number of hydrogen-bond acceptors (Lipinski definition) is 4. The van der Waals surface area contributed by atoms with Crippen LogP contribution in [0.3, 0.4) is 0 Å². The van der Waals surface area contributed by atoms with E-state index in [-0.39, 0.29) is 5.04 Å². The highest BCUT2D eigenvalue weighted by Gasteiger charge is 2.53. The fourth-order valence-corrected chi connectivity index (χ4v) is 6.07. The van der Waals surface area contributed by atoms with Crippen LogP contribution in [0.15, 0.2) is 77.8 Å².